The van der Waals surface area contributed by atoms with E-state index in [0.717, 1.165) is 0 Å². The van der Waals surface area contributed by atoms with Crippen LogP contribution in [-0.4, -0.2) is 51.2 Å². The summed E-state index contributed by atoms with van der Waals surface area (Å²) in [6, 6.07) is 0.186. The molecule has 19 heavy (non-hydrogen) atoms. The highest BCUT2D eigenvalue weighted by atomic mass is 16.6. The van der Waals surface area contributed by atoms with E-state index in [1.807, 2.05) is 6.92 Å². The first kappa shape index (κ1) is 13.5. The summed E-state index contributed by atoms with van der Waals surface area (Å²) in [5, 5.41) is 18.3. The fourth-order valence-corrected chi connectivity index (χ4v) is 2.37. The molecule has 1 saturated heterocycles. The van der Waals surface area contributed by atoms with E-state index >= 15 is 0 Å². The lowest BCUT2D eigenvalue weighted by Crippen LogP contribution is -2.51. The van der Waals surface area contributed by atoms with E-state index in [1.165, 1.54) is 11.6 Å². The number of piperazine rings is 1. The maximum Gasteiger partial charge on any atom is 0.322 e. The zero-order valence-electron chi connectivity index (χ0n) is 11.2. The minimum Gasteiger partial charge on any atom is -0.334 e. The molecule has 1 aromatic rings. The molecule has 1 N–H and O–H groups in total. The van der Waals surface area contributed by atoms with Crippen LogP contribution < -0.4 is 5.32 Å². The molecule has 8 nitrogen and oxygen atoms in total. The molecule has 0 aromatic carbocycles. The van der Waals surface area contributed by atoms with Gasteiger partial charge in [-0.05, 0) is 13.8 Å². The first-order chi connectivity index (χ1) is 8.91. The molecule has 2 heterocycles. The van der Waals surface area contributed by atoms with Crippen molar-refractivity contribution in [1.29, 1.82) is 0 Å². The Labute approximate surface area is 110 Å². The number of aryl methyl sites for hydroxylation is 2. The Hall–Kier alpha value is -1.96. The van der Waals surface area contributed by atoms with Crippen LogP contribution in [0, 0.1) is 17.0 Å². The SMILES string of the molecule is Cc1nn(C)c(C(=O)N2CCNC(C)C2)c1[N+](=O)[O-]. The van der Waals surface area contributed by atoms with Gasteiger partial charge in [0.05, 0.1) is 4.92 Å². The fourth-order valence-electron chi connectivity index (χ4n) is 2.37. The van der Waals surface area contributed by atoms with Crippen LogP contribution >= 0.6 is 0 Å². The lowest BCUT2D eigenvalue weighted by atomic mass is 10.2. The van der Waals surface area contributed by atoms with Crippen LogP contribution in [0.4, 0.5) is 5.69 Å². The number of aromatic nitrogens is 2. The molecule has 1 atom stereocenters. The second kappa shape index (κ2) is 4.96. The fraction of sp³-hybridized carbons (Fsp3) is 0.636. The van der Waals surface area contributed by atoms with Gasteiger partial charge in [-0.3, -0.25) is 19.6 Å². The van der Waals surface area contributed by atoms with Crippen LogP contribution in [0.25, 0.3) is 0 Å². The molecule has 1 aromatic heterocycles. The van der Waals surface area contributed by atoms with E-state index in [-0.39, 0.29) is 29.0 Å². The predicted molar refractivity (Wildman–Crippen MR) is 68.0 cm³/mol. The average molecular weight is 267 g/mol. The van der Waals surface area contributed by atoms with Crippen LogP contribution in [0.1, 0.15) is 23.1 Å². The minimum atomic E-state index is -0.540. The summed E-state index contributed by atoms with van der Waals surface area (Å²) in [6.07, 6.45) is 0. The maximum absolute atomic E-state index is 12.4. The Morgan fingerprint density at radius 2 is 2.26 bits per heavy atom. The molecule has 1 fully saturated rings. The highest BCUT2D eigenvalue weighted by Crippen LogP contribution is 2.24. The third-order valence-corrected chi connectivity index (χ3v) is 3.23. The van der Waals surface area contributed by atoms with Gasteiger partial charge in [-0.25, -0.2) is 0 Å². The van der Waals surface area contributed by atoms with Crippen molar-refractivity contribution in [2.24, 2.45) is 7.05 Å². The van der Waals surface area contributed by atoms with Gasteiger partial charge in [-0.15, -0.1) is 0 Å². The standard InChI is InChI=1S/C11H17N5O3/c1-7-6-15(5-4-12-7)11(17)10-9(16(18)19)8(2)13-14(10)3/h7,12H,4-6H2,1-3H3. The third-order valence-electron chi connectivity index (χ3n) is 3.23. The lowest BCUT2D eigenvalue weighted by Gasteiger charge is -2.31. The third kappa shape index (κ3) is 2.43. The van der Waals surface area contributed by atoms with Crippen molar-refractivity contribution in [2.75, 3.05) is 19.6 Å². The van der Waals surface area contributed by atoms with Gasteiger partial charge < -0.3 is 10.2 Å². The van der Waals surface area contributed by atoms with Crippen molar-refractivity contribution in [1.82, 2.24) is 20.0 Å². The summed E-state index contributed by atoms with van der Waals surface area (Å²) >= 11 is 0. The predicted octanol–water partition coefficient (Wildman–Crippen LogP) is 0.0706. The number of nitrogens with zero attached hydrogens (tertiary/aromatic N) is 4. The van der Waals surface area contributed by atoms with Crippen molar-refractivity contribution < 1.29 is 9.72 Å². The lowest BCUT2D eigenvalue weighted by molar-refractivity contribution is -0.385. The van der Waals surface area contributed by atoms with Gasteiger partial charge >= 0.3 is 5.69 Å². The normalized spacial score (nSPS) is 19.5. The van der Waals surface area contributed by atoms with Crippen LogP contribution in [0.3, 0.4) is 0 Å². The minimum absolute atomic E-state index is 0.0524. The second-order valence-electron chi connectivity index (χ2n) is 4.77. The number of amides is 1. The van der Waals surface area contributed by atoms with Crippen molar-refractivity contribution in [2.45, 2.75) is 19.9 Å². The van der Waals surface area contributed by atoms with Gasteiger partial charge in [0.1, 0.15) is 5.69 Å². The van der Waals surface area contributed by atoms with E-state index in [0.29, 0.717) is 19.6 Å². The van der Waals surface area contributed by atoms with Gasteiger partial charge in [0.15, 0.2) is 0 Å². The van der Waals surface area contributed by atoms with Gasteiger partial charge in [0, 0.05) is 32.7 Å². The van der Waals surface area contributed by atoms with Crippen LogP contribution in [-0.2, 0) is 7.05 Å². The largest absolute Gasteiger partial charge is 0.334 e. The molecule has 1 unspecified atom stereocenters. The van der Waals surface area contributed by atoms with Crippen LogP contribution in [0.15, 0.2) is 0 Å². The average Bonchev–Trinajstić information content (AvgIpc) is 2.63. The number of nitro groups is 1. The van der Waals surface area contributed by atoms with Gasteiger partial charge in [0.2, 0.25) is 5.69 Å². The number of hydrogen-bond donors (Lipinski definition) is 1. The van der Waals surface area contributed by atoms with E-state index in [1.54, 1.807) is 11.9 Å². The summed E-state index contributed by atoms with van der Waals surface area (Å²) in [6.45, 7) is 5.29. The number of carbonyl (C=O) groups excluding carboxylic acids is 1. The topological polar surface area (TPSA) is 93.3 Å². The molecular weight excluding hydrogens is 250 g/mol. The van der Waals surface area contributed by atoms with E-state index in [2.05, 4.69) is 10.4 Å². The number of nitrogens with one attached hydrogen (secondary N) is 1. The van der Waals surface area contributed by atoms with Crippen molar-refractivity contribution in [3.63, 3.8) is 0 Å². The van der Waals surface area contributed by atoms with E-state index in [4.69, 9.17) is 0 Å². The Kier molecular flexibility index (Phi) is 3.52. The highest BCUT2D eigenvalue weighted by molar-refractivity contribution is 5.97. The zero-order valence-corrected chi connectivity index (χ0v) is 11.2. The van der Waals surface area contributed by atoms with Crippen LogP contribution in [0.5, 0.6) is 0 Å². The Balaban J connectivity index is 2.35. The number of hydrogen-bond acceptors (Lipinski definition) is 5. The molecule has 8 heteroatoms. The maximum atomic E-state index is 12.4. The number of rotatable bonds is 2. The molecule has 104 valence electrons. The summed E-state index contributed by atoms with van der Waals surface area (Å²) in [5.41, 5.74) is 0.120. The van der Waals surface area contributed by atoms with Gasteiger partial charge in [-0.2, -0.15) is 5.10 Å². The molecule has 0 spiro atoms. The van der Waals surface area contributed by atoms with Gasteiger partial charge in [-0.1, -0.05) is 0 Å². The number of carbonyl (C=O) groups is 1. The zero-order chi connectivity index (χ0) is 14.2. The van der Waals surface area contributed by atoms with Crippen LogP contribution in [0.2, 0.25) is 0 Å². The summed E-state index contributed by atoms with van der Waals surface area (Å²) < 4.78 is 1.29. The Morgan fingerprint density at radius 3 is 2.84 bits per heavy atom. The Morgan fingerprint density at radius 1 is 1.58 bits per heavy atom. The summed E-state index contributed by atoms with van der Waals surface area (Å²) in [5.74, 6) is -0.330. The molecule has 1 aliphatic rings. The molecule has 0 bridgehead atoms. The first-order valence-corrected chi connectivity index (χ1v) is 6.12. The molecule has 2 rings (SSSR count). The smallest absolute Gasteiger partial charge is 0.322 e. The second-order valence-corrected chi connectivity index (χ2v) is 4.77. The summed E-state index contributed by atoms with van der Waals surface area (Å²) in [4.78, 5) is 24.6. The molecule has 1 aliphatic heterocycles. The molecule has 0 radical (unpaired) electrons. The highest BCUT2D eigenvalue weighted by Gasteiger charge is 2.33. The van der Waals surface area contributed by atoms with Gasteiger partial charge in [0.25, 0.3) is 5.91 Å². The van der Waals surface area contributed by atoms with E-state index in [9.17, 15) is 14.9 Å². The Bertz CT molecular complexity index is 525. The quantitative estimate of drug-likeness (QED) is 0.604. The van der Waals surface area contributed by atoms with Crippen molar-refractivity contribution >= 4 is 11.6 Å². The molecular formula is C11H17N5O3. The van der Waals surface area contributed by atoms with Crippen molar-refractivity contribution in [3.05, 3.63) is 21.5 Å². The molecule has 0 aliphatic carbocycles. The summed E-state index contributed by atoms with van der Waals surface area (Å²) in [7, 11) is 1.55. The molecule has 0 saturated carbocycles. The molecule has 1 amide bonds. The monoisotopic (exact) mass is 267 g/mol. The van der Waals surface area contributed by atoms with E-state index < -0.39 is 4.92 Å². The first-order valence-electron chi connectivity index (χ1n) is 6.12. The van der Waals surface area contributed by atoms with Crippen molar-refractivity contribution in [3.8, 4) is 0 Å².